The van der Waals surface area contributed by atoms with Gasteiger partial charge in [-0.3, -0.25) is 9.59 Å². The lowest BCUT2D eigenvalue weighted by Crippen LogP contribution is -2.50. The van der Waals surface area contributed by atoms with Gasteiger partial charge in [-0.1, -0.05) is 13.8 Å². The average molecular weight is 340 g/mol. The quantitative estimate of drug-likeness (QED) is 0.845. The molecule has 0 saturated carbocycles. The maximum Gasteiger partial charge on any atom is 0.371 e. The Balaban J connectivity index is 2.09. The lowest BCUT2D eigenvalue weighted by Gasteiger charge is -2.25. The molecule has 7 nitrogen and oxygen atoms in total. The Bertz CT molecular complexity index is 613. The molecular formula is C15H20N2O5S. The SMILES string of the molecule is CC(C)C(C)NC(=O)C1CSCN1C(=O)c1ccc(C(=O)O)o1. The van der Waals surface area contributed by atoms with E-state index in [-0.39, 0.29) is 23.5 Å². The Labute approximate surface area is 138 Å². The zero-order chi connectivity index (χ0) is 17.1. The standard InChI is InChI=1S/C15H20N2O5S/c1-8(2)9(3)16-13(18)10-6-23-7-17(10)14(19)11-4-5-12(22-11)15(20)21/h4-5,8-10H,6-7H2,1-3H3,(H,16,18)(H,20,21). The van der Waals surface area contributed by atoms with E-state index in [0.29, 0.717) is 17.5 Å². The Kier molecular flexibility index (Phi) is 5.35. The van der Waals surface area contributed by atoms with Gasteiger partial charge >= 0.3 is 5.97 Å². The largest absolute Gasteiger partial charge is 0.475 e. The van der Waals surface area contributed by atoms with Crippen molar-refractivity contribution in [1.82, 2.24) is 10.2 Å². The van der Waals surface area contributed by atoms with Crippen molar-refractivity contribution < 1.29 is 23.9 Å². The summed E-state index contributed by atoms with van der Waals surface area (Å²) in [5.41, 5.74) is 0. The van der Waals surface area contributed by atoms with Crippen LogP contribution in [0.2, 0.25) is 0 Å². The summed E-state index contributed by atoms with van der Waals surface area (Å²) in [6, 6.07) is 1.98. The molecule has 0 spiro atoms. The van der Waals surface area contributed by atoms with Gasteiger partial charge in [-0.15, -0.1) is 11.8 Å². The van der Waals surface area contributed by atoms with Gasteiger partial charge in [0, 0.05) is 11.8 Å². The molecule has 1 saturated heterocycles. The minimum atomic E-state index is -1.24. The third-order valence-corrected chi connectivity index (χ3v) is 4.86. The number of aromatic carboxylic acids is 1. The molecule has 0 aromatic carbocycles. The molecule has 2 amide bonds. The van der Waals surface area contributed by atoms with Crippen molar-refractivity contribution >= 4 is 29.5 Å². The molecule has 2 heterocycles. The summed E-state index contributed by atoms with van der Waals surface area (Å²) in [5.74, 6) is -1.10. The summed E-state index contributed by atoms with van der Waals surface area (Å²) >= 11 is 1.48. The van der Waals surface area contributed by atoms with Crippen molar-refractivity contribution in [2.45, 2.75) is 32.9 Å². The lowest BCUT2D eigenvalue weighted by molar-refractivity contribution is -0.125. The number of nitrogens with one attached hydrogen (secondary N) is 1. The molecule has 1 aromatic rings. The third kappa shape index (κ3) is 3.87. The van der Waals surface area contributed by atoms with Gasteiger partial charge in [0.05, 0.1) is 5.88 Å². The van der Waals surface area contributed by atoms with E-state index in [9.17, 15) is 14.4 Å². The number of furan rings is 1. The first kappa shape index (κ1) is 17.4. The van der Waals surface area contributed by atoms with Crippen molar-refractivity contribution in [3.63, 3.8) is 0 Å². The van der Waals surface area contributed by atoms with Gasteiger partial charge in [0.25, 0.3) is 5.91 Å². The number of carboxylic acids is 1. The fraction of sp³-hybridized carbons (Fsp3) is 0.533. The van der Waals surface area contributed by atoms with E-state index in [4.69, 9.17) is 9.52 Å². The molecule has 0 aliphatic carbocycles. The van der Waals surface area contributed by atoms with Gasteiger partial charge in [-0.05, 0) is 25.0 Å². The molecular weight excluding hydrogens is 320 g/mol. The number of carbonyl (C=O) groups is 3. The van der Waals surface area contributed by atoms with Gasteiger partial charge in [0.15, 0.2) is 5.76 Å². The van der Waals surface area contributed by atoms with E-state index in [1.807, 2.05) is 20.8 Å². The maximum absolute atomic E-state index is 12.5. The third-order valence-electron chi connectivity index (χ3n) is 3.84. The molecule has 2 N–H and O–H groups in total. The second kappa shape index (κ2) is 7.08. The number of nitrogens with zero attached hydrogens (tertiary/aromatic N) is 1. The summed E-state index contributed by atoms with van der Waals surface area (Å²) in [6.45, 7) is 5.93. The number of rotatable bonds is 5. The Morgan fingerprint density at radius 3 is 2.52 bits per heavy atom. The van der Waals surface area contributed by atoms with E-state index in [0.717, 1.165) is 0 Å². The fourth-order valence-electron chi connectivity index (χ4n) is 2.06. The molecule has 1 aromatic heterocycles. The van der Waals surface area contributed by atoms with E-state index in [1.165, 1.54) is 28.8 Å². The second-order valence-corrected chi connectivity index (χ2v) is 6.80. The van der Waals surface area contributed by atoms with E-state index in [1.54, 1.807) is 0 Å². The first-order valence-electron chi connectivity index (χ1n) is 7.33. The zero-order valence-corrected chi connectivity index (χ0v) is 14.1. The predicted octanol–water partition coefficient (Wildman–Crippen LogP) is 1.65. The van der Waals surface area contributed by atoms with Crippen LogP contribution in [0.3, 0.4) is 0 Å². The highest BCUT2D eigenvalue weighted by atomic mass is 32.2. The second-order valence-electron chi connectivity index (χ2n) is 5.80. The monoisotopic (exact) mass is 340 g/mol. The zero-order valence-electron chi connectivity index (χ0n) is 13.2. The minimum absolute atomic E-state index is 0.00674. The summed E-state index contributed by atoms with van der Waals surface area (Å²) in [4.78, 5) is 37.1. The van der Waals surface area contributed by atoms with Gasteiger partial charge in [-0.2, -0.15) is 0 Å². The Hall–Kier alpha value is -1.96. The van der Waals surface area contributed by atoms with Gasteiger partial charge in [0.1, 0.15) is 6.04 Å². The molecule has 8 heteroatoms. The summed E-state index contributed by atoms with van der Waals surface area (Å²) < 4.78 is 5.03. The topological polar surface area (TPSA) is 99.9 Å². The lowest BCUT2D eigenvalue weighted by atomic mass is 10.1. The van der Waals surface area contributed by atoms with Crippen molar-refractivity contribution in [3.05, 3.63) is 23.7 Å². The van der Waals surface area contributed by atoms with Crippen LogP contribution in [0.15, 0.2) is 16.5 Å². The molecule has 2 unspecified atom stereocenters. The van der Waals surface area contributed by atoms with Crippen LogP contribution in [-0.4, -0.2) is 51.5 Å². The number of carbonyl (C=O) groups excluding carboxylic acids is 2. The highest BCUT2D eigenvalue weighted by Gasteiger charge is 2.37. The van der Waals surface area contributed by atoms with Crippen LogP contribution in [0.25, 0.3) is 0 Å². The van der Waals surface area contributed by atoms with E-state index < -0.39 is 17.9 Å². The van der Waals surface area contributed by atoms with Crippen LogP contribution < -0.4 is 5.32 Å². The van der Waals surface area contributed by atoms with Crippen molar-refractivity contribution in [2.75, 3.05) is 11.6 Å². The first-order chi connectivity index (χ1) is 10.8. The number of hydrogen-bond acceptors (Lipinski definition) is 5. The van der Waals surface area contributed by atoms with Crippen LogP contribution in [0.4, 0.5) is 0 Å². The highest BCUT2D eigenvalue weighted by molar-refractivity contribution is 7.99. The fourth-order valence-corrected chi connectivity index (χ4v) is 3.21. The smallest absolute Gasteiger partial charge is 0.371 e. The van der Waals surface area contributed by atoms with Crippen molar-refractivity contribution in [1.29, 1.82) is 0 Å². The first-order valence-corrected chi connectivity index (χ1v) is 8.49. The average Bonchev–Trinajstić information content (AvgIpc) is 3.15. The maximum atomic E-state index is 12.5. The van der Waals surface area contributed by atoms with Gasteiger partial charge < -0.3 is 19.7 Å². The number of hydrogen-bond donors (Lipinski definition) is 2. The summed E-state index contributed by atoms with van der Waals surface area (Å²) in [5, 5.41) is 11.8. The Morgan fingerprint density at radius 2 is 1.96 bits per heavy atom. The normalized spacial score (nSPS) is 19.0. The minimum Gasteiger partial charge on any atom is -0.475 e. The van der Waals surface area contributed by atoms with E-state index in [2.05, 4.69) is 5.32 Å². The van der Waals surface area contributed by atoms with Crippen molar-refractivity contribution in [2.24, 2.45) is 5.92 Å². The molecule has 126 valence electrons. The number of carboxylic acid groups (broad SMARTS) is 1. The van der Waals surface area contributed by atoms with Crippen LogP contribution in [0.5, 0.6) is 0 Å². The van der Waals surface area contributed by atoms with E-state index >= 15 is 0 Å². The number of amides is 2. The molecule has 1 fully saturated rings. The van der Waals surface area contributed by atoms with Crippen LogP contribution in [-0.2, 0) is 4.79 Å². The molecule has 1 aliphatic heterocycles. The highest BCUT2D eigenvalue weighted by Crippen LogP contribution is 2.24. The van der Waals surface area contributed by atoms with Gasteiger partial charge in [0.2, 0.25) is 11.7 Å². The van der Waals surface area contributed by atoms with Gasteiger partial charge in [-0.25, -0.2) is 4.79 Å². The molecule has 2 rings (SSSR count). The van der Waals surface area contributed by atoms with Crippen molar-refractivity contribution in [3.8, 4) is 0 Å². The molecule has 2 atom stereocenters. The van der Waals surface area contributed by atoms with Crippen LogP contribution >= 0.6 is 11.8 Å². The molecule has 0 radical (unpaired) electrons. The predicted molar refractivity (Wildman–Crippen MR) is 85.4 cm³/mol. The van der Waals surface area contributed by atoms with Crippen LogP contribution in [0, 0.1) is 5.92 Å². The number of thioether (sulfide) groups is 1. The molecule has 23 heavy (non-hydrogen) atoms. The molecule has 0 bridgehead atoms. The molecule has 1 aliphatic rings. The Morgan fingerprint density at radius 1 is 1.30 bits per heavy atom. The van der Waals surface area contributed by atoms with Crippen LogP contribution in [0.1, 0.15) is 41.9 Å². The summed E-state index contributed by atoms with van der Waals surface area (Å²) in [7, 11) is 0. The summed E-state index contributed by atoms with van der Waals surface area (Å²) in [6.07, 6.45) is 0.